The Hall–Kier alpha value is -2.97. The first kappa shape index (κ1) is 29.6. The van der Waals surface area contributed by atoms with E-state index in [4.69, 9.17) is 4.74 Å². The molecule has 1 saturated heterocycles. The number of hydrogen-bond acceptors (Lipinski definition) is 6. The summed E-state index contributed by atoms with van der Waals surface area (Å²) in [6.07, 6.45) is 5.18. The van der Waals surface area contributed by atoms with Crippen LogP contribution >= 0.6 is 15.9 Å². The number of Topliss-reactive ketones (excluding diaryl/α,β-unsaturated/α-hetero) is 1. The molecule has 1 atom stereocenters. The number of esters is 1. The van der Waals surface area contributed by atoms with Gasteiger partial charge in [-0.15, -0.1) is 0 Å². The van der Waals surface area contributed by atoms with E-state index in [0.29, 0.717) is 29.7 Å². The summed E-state index contributed by atoms with van der Waals surface area (Å²) in [5, 5.41) is 11.2. The number of unbranched alkanes of at least 4 members (excludes halogenated alkanes) is 2. The van der Waals surface area contributed by atoms with Gasteiger partial charge in [0.2, 0.25) is 0 Å². The SMILES string of the molecule is CCCCN(CCCC)CCCN1C(=O)C(=O)C(=C(O)c2ccc(Br)cc2)[C@@H]1c1ccc(C(=O)OC)cc1. The van der Waals surface area contributed by atoms with Crippen LogP contribution in [0.2, 0.25) is 0 Å². The fourth-order valence-electron chi connectivity index (χ4n) is 4.70. The summed E-state index contributed by atoms with van der Waals surface area (Å²) in [4.78, 5) is 42.5. The number of nitrogens with zero attached hydrogens (tertiary/aromatic N) is 2. The molecule has 1 amide bonds. The van der Waals surface area contributed by atoms with Crippen molar-refractivity contribution >= 4 is 39.3 Å². The predicted molar refractivity (Wildman–Crippen MR) is 152 cm³/mol. The van der Waals surface area contributed by atoms with Gasteiger partial charge in [-0.2, -0.15) is 0 Å². The van der Waals surface area contributed by atoms with Crippen LogP contribution in [0.1, 0.15) is 73.5 Å². The highest BCUT2D eigenvalue weighted by Crippen LogP contribution is 2.39. The molecule has 2 aromatic carbocycles. The number of rotatable bonds is 13. The molecule has 1 N–H and O–H groups in total. The Morgan fingerprint density at radius 1 is 0.921 bits per heavy atom. The minimum absolute atomic E-state index is 0.0527. The molecule has 0 unspecified atom stereocenters. The number of benzene rings is 2. The van der Waals surface area contributed by atoms with Gasteiger partial charge in [0.1, 0.15) is 5.76 Å². The van der Waals surface area contributed by atoms with Crippen molar-refractivity contribution in [1.82, 2.24) is 9.80 Å². The number of halogens is 1. The number of ether oxygens (including phenoxy) is 1. The number of carbonyl (C=O) groups excluding carboxylic acids is 3. The Labute approximate surface area is 233 Å². The number of carbonyl (C=O) groups is 3. The highest BCUT2D eigenvalue weighted by molar-refractivity contribution is 9.10. The fourth-order valence-corrected chi connectivity index (χ4v) is 4.97. The van der Waals surface area contributed by atoms with Gasteiger partial charge in [-0.05, 0) is 68.7 Å². The van der Waals surface area contributed by atoms with Crippen molar-refractivity contribution in [1.29, 1.82) is 0 Å². The Balaban J connectivity index is 1.94. The van der Waals surface area contributed by atoms with Crippen LogP contribution in [0.25, 0.3) is 5.76 Å². The third kappa shape index (κ3) is 7.11. The molecule has 0 aliphatic carbocycles. The second-order valence-electron chi connectivity index (χ2n) is 9.52. The Morgan fingerprint density at radius 3 is 2.03 bits per heavy atom. The fraction of sp³-hybridized carbons (Fsp3) is 0.433. The van der Waals surface area contributed by atoms with Gasteiger partial charge in [0, 0.05) is 16.6 Å². The van der Waals surface area contributed by atoms with Crippen molar-refractivity contribution in [2.24, 2.45) is 0 Å². The standard InChI is InChI=1S/C30H37BrN2O5/c1-4-6-17-32(18-7-5-2)19-8-20-33-26(21-9-11-23(12-10-21)30(37)38-3)25(28(35)29(33)36)27(34)22-13-15-24(31)16-14-22/h9-16,26,34H,4-8,17-20H2,1-3H3/t26-/m0/s1. The van der Waals surface area contributed by atoms with Gasteiger partial charge < -0.3 is 19.6 Å². The largest absolute Gasteiger partial charge is 0.507 e. The maximum absolute atomic E-state index is 13.3. The highest BCUT2D eigenvalue weighted by Gasteiger charge is 2.45. The second kappa shape index (κ2) is 14.3. The van der Waals surface area contributed by atoms with Crippen LogP contribution in [-0.4, -0.2) is 65.9 Å². The normalized spacial score (nSPS) is 16.9. The van der Waals surface area contributed by atoms with Crippen molar-refractivity contribution in [2.75, 3.05) is 33.3 Å². The van der Waals surface area contributed by atoms with Gasteiger partial charge in [0.05, 0.1) is 24.3 Å². The first-order valence-electron chi connectivity index (χ1n) is 13.3. The summed E-state index contributed by atoms with van der Waals surface area (Å²) in [5.41, 5.74) is 1.51. The van der Waals surface area contributed by atoms with Crippen LogP contribution in [0, 0.1) is 0 Å². The van der Waals surface area contributed by atoms with Gasteiger partial charge in [-0.3, -0.25) is 9.59 Å². The van der Waals surface area contributed by atoms with Crippen molar-refractivity contribution in [2.45, 2.75) is 52.0 Å². The summed E-state index contributed by atoms with van der Waals surface area (Å²) in [5.74, 6) is -2.02. The summed E-state index contributed by atoms with van der Waals surface area (Å²) >= 11 is 3.38. The minimum Gasteiger partial charge on any atom is -0.507 e. The maximum Gasteiger partial charge on any atom is 0.337 e. The van der Waals surface area contributed by atoms with E-state index in [1.165, 1.54) is 7.11 Å². The molecule has 1 heterocycles. The summed E-state index contributed by atoms with van der Waals surface area (Å²) < 4.78 is 5.63. The van der Waals surface area contributed by atoms with E-state index in [-0.39, 0.29) is 11.3 Å². The Bertz CT molecular complexity index is 1140. The smallest absolute Gasteiger partial charge is 0.337 e. The number of hydrogen-bond donors (Lipinski definition) is 1. The molecule has 2 aromatic rings. The molecule has 0 saturated carbocycles. The van der Waals surface area contributed by atoms with Crippen LogP contribution in [0.15, 0.2) is 58.6 Å². The zero-order valence-corrected chi connectivity index (χ0v) is 24.0. The Kier molecular flexibility index (Phi) is 11.1. The number of methoxy groups -OCH3 is 1. The van der Waals surface area contributed by atoms with E-state index >= 15 is 0 Å². The molecule has 1 fully saturated rings. The van der Waals surface area contributed by atoms with Crippen LogP contribution in [-0.2, 0) is 14.3 Å². The second-order valence-corrected chi connectivity index (χ2v) is 10.4. The number of aliphatic hydroxyl groups excluding tert-OH is 1. The zero-order valence-electron chi connectivity index (χ0n) is 22.4. The van der Waals surface area contributed by atoms with Gasteiger partial charge in [-0.25, -0.2) is 4.79 Å². The van der Waals surface area contributed by atoms with E-state index in [1.54, 1.807) is 53.4 Å². The predicted octanol–water partition coefficient (Wildman–Crippen LogP) is 5.95. The molecule has 0 bridgehead atoms. The lowest BCUT2D eigenvalue weighted by Gasteiger charge is -2.27. The molecule has 8 heteroatoms. The number of ketones is 1. The van der Waals surface area contributed by atoms with E-state index in [9.17, 15) is 19.5 Å². The lowest BCUT2D eigenvalue weighted by Crippen LogP contribution is -2.34. The molecule has 1 aliphatic heterocycles. The Morgan fingerprint density at radius 2 is 1.47 bits per heavy atom. The summed E-state index contributed by atoms with van der Waals surface area (Å²) in [6, 6.07) is 12.8. The molecule has 0 spiro atoms. The third-order valence-corrected chi connectivity index (χ3v) is 7.36. The van der Waals surface area contributed by atoms with E-state index in [1.807, 2.05) is 0 Å². The third-order valence-electron chi connectivity index (χ3n) is 6.83. The average Bonchev–Trinajstić information content (AvgIpc) is 3.18. The molecule has 38 heavy (non-hydrogen) atoms. The van der Waals surface area contributed by atoms with Gasteiger partial charge in [0.15, 0.2) is 0 Å². The maximum atomic E-state index is 13.3. The molecular formula is C30H37BrN2O5. The molecule has 3 rings (SSSR count). The summed E-state index contributed by atoms with van der Waals surface area (Å²) in [7, 11) is 1.31. The van der Waals surface area contributed by atoms with E-state index < -0.39 is 23.7 Å². The van der Waals surface area contributed by atoms with Crippen molar-refractivity contribution in [3.05, 3.63) is 75.3 Å². The monoisotopic (exact) mass is 584 g/mol. The van der Waals surface area contributed by atoms with E-state index in [0.717, 1.165) is 49.8 Å². The molecule has 0 radical (unpaired) electrons. The molecule has 204 valence electrons. The quantitative estimate of drug-likeness (QED) is 0.135. The minimum atomic E-state index is -0.759. The number of aliphatic hydroxyl groups is 1. The van der Waals surface area contributed by atoms with Crippen LogP contribution < -0.4 is 0 Å². The van der Waals surface area contributed by atoms with Gasteiger partial charge >= 0.3 is 5.97 Å². The molecule has 7 nitrogen and oxygen atoms in total. The molecule has 0 aromatic heterocycles. The number of amides is 1. The lowest BCUT2D eigenvalue weighted by molar-refractivity contribution is -0.140. The molecular weight excluding hydrogens is 548 g/mol. The van der Waals surface area contributed by atoms with Crippen LogP contribution in [0.3, 0.4) is 0 Å². The van der Waals surface area contributed by atoms with Crippen molar-refractivity contribution < 1.29 is 24.2 Å². The first-order chi connectivity index (χ1) is 18.3. The van der Waals surface area contributed by atoms with Gasteiger partial charge in [0.25, 0.3) is 11.7 Å². The van der Waals surface area contributed by atoms with Crippen LogP contribution in [0.4, 0.5) is 0 Å². The number of likely N-dealkylation sites (tertiary alicyclic amines) is 1. The average molecular weight is 586 g/mol. The molecule has 1 aliphatic rings. The van der Waals surface area contributed by atoms with E-state index in [2.05, 4.69) is 34.7 Å². The van der Waals surface area contributed by atoms with Gasteiger partial charge in [-0.1, -0.05) is 66.9 Å². The highest BCUT2D eigenvalue weighted by atomic mass is 79.9. The summed E-state index contributed by atoms with van der Waals surface area (Å²) in [6.45, 7) is 7.57. The van der Waals surface area contributed by atoms with Crippen LogP contribution in [0.5, 0.6) is 0 Å². The zero-order chi connectivity index (χ0) is 27.7. The first-order valence-corrected chi connectivity index (χ1v) is 14.1. The van der Waals surface area contributed by atoms with Crippen molar-refractivity contribution in [3.8, 4) is 0 Å². The lowest BCUT2D eigenvalue weighted by atomic mass is 9.94. The topological polar surface area (TPSA) is 87.2 Å². The van der Waals surface area contributed by atoms with Crippen molar-refractivity contribution in [3.63, 3.8) is 0 Å².